The molecular weight excluding hydrogens is 209 g/mol. The molecule has 0 saturated carbocycles. The number of morpholine rings is 1. The molecule has 1 N–H and O–H groups in total. The number of methoxy groups -OCH3 is 1. The topological polar surface area (TPSA) is 30.5 Å². The molecule has 1 unspecified atom stereocenters. The molecule has 1 aromatic carbocycles. The first-order valence-electron chi connectivity index (χ1n) is 5.37. The number of hydrogen-bond acceptors (Lipinski definition) is 3. The highest BCUT2D eigenvalue weighted by atomic mass is 19.1. The number of nitrogens with one attached hydrogen (secondary N) is 1. The Morgan fingerprint density at radius 2 is 2.31 bits per heavy atom. The fourth-order valence-electron chi connectivity index (χ4n) is 1.97. The van der Waals surface area contributed by atoms with Gasteiger partial charge >= 0.3 is 0 Å². The van der Waals surface area contributed by atoms with E-state index in [1.807, 2.05) is 6.92 Å². The van der Waals surface area contributed by atoms with Crippen molar-refractivity contribution in [3.8, 4) is 5.75 Å². The van der Waals surface area contributed by atoms with Gasteiger partial charge in [-0.25, -0.2) is 4.39 Å². The van der Waals surface area contributed by atoms with Gasteiger partial charge in [-0.15, -0.1) is 0 Å². The van der Waals surface area contributed by atoms with E-state index in [1.165, 1.54) is 13.2 Å². The monoisotopic (exact) mass is 225 g/mol. The van der Waals surface area contributed by atoms with E-state index >= 15 is 0 Å². The second kappa shape index (κ2) is 4.80. The molecular formula is C12H16FNO2. The molecule has 0 amide bonds. The van der Waals surface area contributed by atoms with Crippen LogP contribution in [0.15, 0.2) is 12.1 Å². The highest BCUT2D eigenvalue weighted by molar-refractivity contribution is 5.38. The minimum Gasteiger partial charge on any atom is -0.494 e. The largest absolute Gasteiger partial charge is 0.494 e. The normalized spacial score (nSPS) is 20.8. The summed E-state index contributed by atoms with van der Waals surface area (Å²) in [6.07, 6.45) is 0. The number of rotatable bonds is 2. The molecule has 3 nitrogen and oxygen atoms in total. The molecule has 0 aromatic heterocycles. The van der Waals surface area contributed by atoms with Crippen molar-refractivity contribution in [3.63, 3.8) is 0 Å². The molecule has 2 rings (SSSR count). The Labute approximate surface area is 94.6 Å². The Kier molecular flexibility index (Phi) is 3.41. The van der Waals surface area contributed by atoms with Gasteiger partial charge in [0, 0.05) is 6.54 Å². The third-order valence-electron chi connectivity index (χ3n) is 2.84. The van der Waals surface area contributed by atoms with Gasteiger partial charge in [0.05, 0.1) is 26.4 Å². The predicted molar refractivity (Wildman–Crippen MR) is 59.3 cm³/mol. The van der Waals surface area contributed by atoms with Gasteiger partial charge in [-0.05, 0) is 30.2 Å². The van der Waals surface area contributed by atoms with Crippen LogP contribution in [-0.2, 0) is 4.74 Å². The fourth-order valence-corrected chi connectivity index (χ4v) is 1.97. The molecule has 88 valence electrons. The van der Waals surface area contributed by atoms with Gasteiger partial charge in [0.1, 0.15) is 0 Å². The van der Waals surface area contributed by atoms with Crippen molar-refractivity contribution in [1.29, 1.82) is 0 Å². The molecule has 0 bridgehead atoms. The van der Waals surface area contributed by atoms with Gasteiger partial charge in [-0.3, -0.25) is 0 Å². The van der Waals surface area contributed by atoms with E-state index < -0.39 is 0 Å². The van der Waals surface area contributed by atoms with Crippen molar-refractivity contribution in [1.82, 2.24) is 5.32 Å². The van der Waals surface area contributed by atoms with E-state index in [4.69, 9.17) is 9.47 Å². The Morgan fingerprint density at radius 1 is 1.50 bits per heavy atom. The van der Waals surface area contributed by atoms with Crippen molar-refractivity contribution in [2.75, 3.05) is 26.9 Å². The molecule has 0 spiro atoms. The molecule has 1 fully saturated rings. The SMILES string of the molecule is COc1cc(C2COCCN2)c(C)cc1F. The lowest BCUT2D eigenvalue weighted by atomic mass is 10.0. The van der Waals surface area contributed by atoms with Crippen LogP contribution in [0.5, 0.6) is 5.75 Å². The van der Waals surface area contributed by atoms with Gasteiger partial charge in [0.15, 0.2) is 11.6 Å². The van der Waals surface area contributed by atoms with Crippen LogP contribution >= 0.6 is 0 Å². The van der Waals surface area contributed by atoms with Crippen molar-refractivity contribution in [2.45, 2.75) is 13.0 Å². The molecule has 0 radical (unpaired) electrons. The lowest BCUT2D eigenvalue weighted by Crippen LogP contribution is -2.35. The summed E-state index contributed by atoms with van der Waals surface area (Å²) in [4.78, 5) is 0. The number of ether oxygens (including phenoxy) is 2. The standard InChI is InChI=1S/C12H16FNO2/c1-8-5-10(13)12(15-2)6-9(8)11-7-16-4-3-14-11/h5-6,11,14H,3-4,7H2,1-2H3. The van der Waals surface area contributed by atoms with Crippen LogP contribution in [0.1, 0.15) is 17.2 Å². The van der Waals surface area contributed by atoms with E-state index in [1.54, 1.807) is 6.07 Å². The summed E-state index contributed by atoms with van der Waals surface area (Å²) in [7, 11) is 1.47. The zero-order valence-electron chi connectivity index (χ0n) is 9.55. The van der Waals surface area contributed by atoms with E-state index in [0.29, 0.717) is 6.61 Å². The third-order valence-corrected chi connectivity index (χ3v) is 2.84. The molecule has 0 aliphatic carbocycles. The van der Waals surface area contributed by atoms with Crippen LogP contribution in [0.4, 0.5) is 4.39 Å². The van der Waals surface area contributed by atoms with Gasteiger partial charge in [0.2, 0.25) is 0 Å². The fraction of sp³-hybridized carbons (Fsp3) is 0.500. The molecule has 1 atom stereocenters. The second-order valence-electron chi connectivity index (χ2n) is 3.92. The quantitative estimate of drug-likeness (QED) is 0.832. The van der Waals surface area contributed by atoms with Crippen LogP contribution in [0.3, 0.4) is 0 Å². The van der Waals surface area contributed by atoms with Gasteiger partial charge in [-0.1, -0.05) is 0 Å². The summed E-state index contributed by atoms with van der Waals surface area (Å²) < 4.78 is 23.8. The number of halogens is 1. The Morgan fingerprint density at radius 3 is 2.94 bits per heavy atom. The van der Waals surface area contributed by atoms with Crippen LogP contribution in [0.25, 0.3) is 0 Å². The average molecular weight is 225 g/mol. The molecule has 1 aliphatic rings. The summed E-state index contributed by atoms with van der Waals surface area (Å²) in [5.41, 5.74) is 1.96. The Balaban J connectivity index is 2.31. The second-order valence-corrected chi connectivity index (χ2v) is 3.92. The zero-order chi connectivity index (χ0) is 11.5. The molecule has 1 saturated heterocycles. The average Bonchev–Trinajstić information content (AvgIpc) is 2.30. The summed E-state index contributed by atoms with van der Waals surface area (Å²) in [6.45, 7) is 4.07. The Bertz CT molecular complexity index is 376. The predicted octanol–water partition coefficient (Wildman–Crippen LogP) is 1.80. The molecule has 1 aromatic rings. The van der Waals surface area contributed by atoms with Crippen molar-refractivity contribution in [2.24, 2.45) is 0 Å². The van der Waals surface area contributed by atoms with Crippen LogP contribution in [0, 0.1) is 12.7 Å². The highest BCUT2D eigenvalue weighted by Crippen LogP contribution is 2.27. The maximum atomic E-state index is 13.4. The van der Waals surface area contributed by atoms with Crippen molar-refractivity contribution in [3.05, 3.63) is 29.1 Å². The lowest BCUT2D eigenvalue weighted by molar-refractivity contribution is 0.0766. The van der Waals surface area contributed by atoms with E-state index in [9.17, 15) is 4.39 Å². The van der Waals surface area contributed by atoms with Gasteiger partial charge in [0.25, 0.3) is 0 Å². The van der Waals surface area contributed by atoms with Gasteiger partial charge in [-0.2, -0.15) is 0 Å². The first-order chi connectivity index (χ1) is 7.72. The van der Waals surface area contributed by atoms with Crippen molar-refractivity contribution < 1.29 is 13.9 Å². The summed E-state index contributed by atoms with van der Waals surface area (Å²) in [5, 5.41) is 3.34. The minimum atomic E-state index is -0.319. The van der Waals surface area contributed by atoms with E-state index in [0.717, 1.165) is 24.3 Å². The number of benzene rings is 1. The third kappa shape index (κ3) is 2.18. The summed E-state index contributed by atoms with van der Waals surface area (Å²) in [5.74, 6) is -0.0338. The summed E-state index contributed by atoms with van der Waals surface area (Å²) in [6, 6.07) is 3.38. The van der Waals surface area contributed by atoms with Crippen molar-refractivity contribution >= 4 is 0 Å². The van der Waals surface area contributed by atoms with Crippen LogP contribution in [-0.4, -0.2) is 26.9 Å². The first kappa shape index (κ1) is 11.4. The van der Waals surface area contributed by atoms with E-state index in [2.05, 4.69) is 5.32 Å². The summed E-state index contributed by atoms with van der Waals surface area (Å²) >= 11 is 0. The smallest absolute Gasteiger partial charge is 0.165 e. The molecule has 16 heavy (non-hydrogen) atoms. The number of hydrogen-bond donors (Lipinski definition) is 1. The maximum absolute atomic E-state index is 13.4. The zero-order valence-corrected chi connectivity index (χ0v) is 9.55. The van der Waals surface area contributed by atoms with E-state index in [-0.39, 0.29) is 17.6 Å². The minimum absolute atomic E-state index is 0.128. The van der Waals surface area contributed by atoms with Crippen LogP contribution < -0.4 is 10.1 Å². The number of aryl methyl sites for hydroxylation is 1. The maximum Gasteiger partial charge on any atom is 0.165 e. The van der Waals surface area contributed by atoms with Crippen LogP contribution in [0.2, 0.25) is 0 Å². The highest BCUT2D eigenvalue weighted by Gasteiger charge is 2.19. The lowest BCUT2D eigenvalue weighted by Gasteiger charge is -2.25. The Hall–Kier alpha value is -1.13. The molecule has 1 heterocycles. The first-order valence-corrected chi connectivity index (χ1v) is 5.37. The molecule has 1 aliphatic heterocycles. The van der Waals surface area contributed by atoms with Gasteiger partial charge < -0.3 is 14.8 Å². The molecule has 4 heteroatoms.